The summed E-state index contributed by atoms with van der Waals surface area (Å²) >= 11 is 0. The van der Waals surface area contributed by atoms with E-state index in [1.54, 1.807) is 18.1 Å². The molecule has 0 fully saturated rings. The number of nitrogens with one attached hydrogen (secondary N) is 1. The minimum Gasteiger partial charge on any atom is -0.497 e. The Morgan fingerprint density at radius 3 is 2.48 bits per heavy atom. The number of benzene rings is 2. The van der Waals surface area contributed by atoms with Gasteiger partial charge in [0.2, 0.25) is 5.95 Å². The van der Waals surface area contributed by atoms with E-state index >= 15 is 0 Å². The van der Waals surface area contributed by atoms with Crippen LogP contribution in [0, 0.1) is 0 Å². The minimum atomic E-state index is 0.527. The summed E-state index contributed by atoms with van der Waals surface area (Å²) in [6, 6.07) is 21.6. The number of anilines is 2. The fraction of sp³-hybridized carbons (Fsp3) is 0.0476. The number of nitrogens with zero attached hydrogens (tertiary/aromatic N) is 6. The van der Waals surface area contributed by atoms with Crippen molar-refractivity contribution in [1.82, 2.24) is 29.4 Å². The Kier molecular flexibility index (Phi) is 4.14. The quantitative estimate of drug-likeness (QED) is 0.498. The van der Waals surface area contributed by atoms with Crippen molar-refractivity contribution >= 4 is 17.3 Å². The van der Waals surface area contributed by atoms with Crippen LogP contribution in [0.25, 0.3) is 22.6 Å². The van der Waals surface area contributed by atoms with Gasteiger partial charge in [-0.25, -0.2) is 14.2 Å². The van der Waals surface area contributed by atoms with Crippen molar-refractivity contribution in [2.45, 2.75) is 0 Å². The van der Waals surface area contributed by atoms with Gasteiger partial charge in [-0.15, -0.1) is 5.10 Å². The smallest absolute Gasteiger partial charge is 0.247 e. The van der Waals surface area contributed by atoms with Crippen LogP contribution in [0.5, 0.6) is 5.75 Å². The summed E-state index contributed by atoms with van der Waals surface area (Å²) in [5, 5.41) is 12.0. The molecule has 5 rings (SSSR count). The Morgan fingerprint density at radius 1 is 0.931 bits per heavy atom. The van der Waals surface area contributed by atoms with E-state index in [1.807, 2.05) is 71.2 Å². The van der Waals surface area contributed by atoms with Crippen LogP contribution in [0.4, 0.5) is 11.6 Å². The van der Waals surface area contributed by atoms with Crippen LogP contribution in [-0.2, 0) is 0 Å². The number of hydrogen-bond donors (Lipinski definition) is 1. The molecule has 0 aliphatic heterocycles. The molecule has 0 bridgehead atoms. The van der Waals surface area contributed by atoms with Gasteiger partial charge in [0.25, 0.3) is 0 Å². The average Bonchev–Trinajstić information content (AvgIpc) is 3.44. The molecule has 0 aliphatic rings. The number of ether oxygens (including phenoxy) is 1. The van der Waals surface area contributed by atoms with Crippen molar-refractivity contribution in [3.05, 3.63) is 79.4 Å². The molecule has 29 heavy (non-hydrogen) atoms. The molecule has 0 unspecified atom stereocenters. The van der Waals surface area contributed by atoms with Gasteiger partial charge >= 0.3 is 0 Å². The Morgan fingerprint density at radius 2 is 1.76 bits per heavy atom. The van der Waals surface area contributed by atoms with Crippen LogP contribution in [0.2, 0.25) is 0 Å². The number of hydrogen-bond acceptors (Lipinski definition) is 6. The molecule has 0 radical (unpaired) electrons. The Balaban J connectivity index is 1.44. The number of pyridine rings is 1. The van der Waals surface area contributed by atoms with Crippen LogP contribution < -0.4 is 10.1 Å². The molecule has 0 atom stereocenters. The molecule has 0 aliphatic carbocycles. The zero-order valence-electron chi connectivity index (χ0n) is 15.6. The van der Waals surface area contributed by atoms with E-state index in [0.717, 1.165) is 34.0 Å². The first-order chi connectivity index (χ1) is 14.3. The van der Waals surface area contributed by atoms with Crippen LogP contribution in [0.1, 0.15) is 0 Å². The summed E-state index contributed by atoms with van der Waals surface area (Å²) in [6.07, 6.45) is 3.17. The van der Waals surface area contributed by atoms with E-state index < -0.39 is 0 Å². The van der Waals surface area contributed by atoms with Gasteiger partial charge in [0, 0.05) is 11.3 Å². The number of fused-ring (bicyclic) bond motifs is 1. The molecule has 0 saturated carbocycles. The lowest BCUT2D eigenvalue weighted by atomic mass is 10.1. The van der Waals surface area contributed by atoms with E-state index in [9.17, 15) is 0 Å². The first kappa shape index (κ1) is 16.9. The van der Waals surface area contributed by atoms with E-state index in [1.165, 1.54) is 6.33 Å². The Labute approximate surface area is 166 Å². The predicted molar refractivity (Wildman–Crippen MR) is 110 cm³/mol. The molecule has 0 amide bonds. The molecular formula is C21H17N7O. The van der Waals surface area contributed by atoms with Gasteiger partial charge in [-0.05, 0) is 60.7 Å². The van der Waals surface area contributed by atoms with Crippen molar-refractivity contribution in [2.24, 2.45) is 0 Å². The second kappa shape index (κ2) is 7.08. The van der Waals surface area contributed by atoms with E-state index in [2.05, 4.69) is 25.5 Å². The van der Waals surface area contributed by atoms with Gasteiger partial charge in [-0.2, -0.15) is 10.1 Å². The highest BCUT2D eigenvalue weighted by atomic mass is 16.5. The van der Waals surface area contributed by atoms with Crippen LogP contribution in [0.3, 0.4) is 0 Å². The second-order valence-corrected chi connectivity index (χ2v) is 6.36. The van der Waals surface area contributed by atoms with Gasteiger partial charge in [0.05, 0.1) is 18.5 Å². The maximum absolute atomic E-state index is 5.24. The first-order valence-corrected chi connectivity index (χ1v) is 9.02. The number of methoxy groups -OCH3 is 1. The van der Waals surface area contributed by atoms with Crippen molar-refractivity contribution in [1.29, 1.82) is 0 Å². The predicted octanol–water partition coefficient (Wildman–Crippen LogP) is 3.73. The zero-order valence-corrected chi connectivity index (χ0v) is 15.6. The largest absolute Gasteiger partial charge is 0.497 e. The third kappa shape index (κ3) is 3.27. The lowest BCUT2D eigenvalue weighted by Gasteiger charge is -2.05. The van der Waals surface area contributed by atoms with Gasteiger partial charge in [-0.1, -0.05) is 6.07 Å². The molecule has 2 aromatic carbocycles. The normalized spacial score (nSPS) is 10.9. The third-order valence-electron chi connectivity index (χ3n) is 4.55. The molecule has 0 spiro atoms. The molecular weight excluding hydrogens is 366 g/mol. The van der Waals surface area contributed by atoms with Crippen molar-refractivity contribution in [3.63, 3.8) is 0 Å². The topological polar surface area (TPSA) is 82.2 Å². The highest BCUT2D eigenvalue weighted by molar-refractivity contribution is 5.65. The van der Waals surface area contributed by atoms with Crippen molar-refractivity contribution in [3.8, 4) is 22.7 Å². The fourth-order valence-electron chi connectivity index (χ4n) is 3.11. The van der Waals surface area contributed by atoms with E-state index in [0.29, 0.717) is 5.95 Å². The Hall–Kier alpha value is -4.20. The molecule has 8 heteroatoms. The molecule has 3 heterocycles. The van der Waals surface area contributed by atoms with Gasteiger partial charge < -0.3 is 10.1 Å². The summed E-state index contributed by atoms with van der Waals surface area (Å²) in [7, 11) is 1.66. The highest BCUT2D eigenvalue weighted by Gasteiger charge is 2.09. The SMILES string of the molecule is COc1ccc(-c2cccc3nc(Nc4ccc(-n5cncn5)cc4)nn23)cc1. The lowest BCUT2D eigenvalue weighted by Crippen LogP contribution is -1.97. The van der Waals surface area contributed by atoms with Crippen LogP contribution >= 0.6 is 0 Å². The monoisotopic (exact) mass is 383 g/mol. The molecule has 8 nitrogen and oxygen atoms in total. The Bertz CT molecular complexity index is 1240. The van der Waals surface area contributed by atoms with Crippen LogP contribution in [0.15, 0.2) is 79.4 Å². The van der Waals surface area contributed by atoms with Gasteiger partial charge in [0.15, 0.2) is 5.65 Å². The summed E-state index contributed by atoms with van der Waals surface area (Å²) in [4.78, 5) is 8.55. The minimum absolute atomic E-state index is 0.527. The van der Waals surface area contributed by atoms with Crippen LogP contribution in [-0.4, -0.2) is 36.5 Å². The van der Waals surface area contributed by atoms with Crippen molar-refractivity contribution in [2.75, 3.05) is 12.4 Å². The molecule has 0 saturated heterocycles. The molecule has 5 aromatic rings. The summed E-state index contributed by atoms with van der Waals surface area (Å²) in [6.45, 7) is 0. The zero-order chi connectivity index (χ0) is 19.6. The summed E-state index contributed by atoms with van der Waals surface area (Å²) in [5.74, 6) is 1.34. The van der Waals surface area contributed by atoms with E-state index in [-0.39, 0.29) is 0 Å². The van der Waals surface area contributed by atoms with Gasteiger partial charge in [-0.3, -0.25) is 0 Å². The number of rotatable bonds is 5. The maximum atomic E-state index is 5.24. The standard InChI is InChI=1S/C21H17N7O/c1-29-18-11-5-15(6-12-18)19-3-2-4-20-25-21(26-28(19)20)24-16-7-9-17(10-8-16)27-14-22-13-23-27/h2-14H,1H3,(H,24,26). The lowest BCUT2D eigenvalue weighted by molar-refractivity contribution is 0.415. The second-order valence-electron chi connectivity index (χ2n) is 6.36. The molecule has 3 aromatic heterocycles. The first-order valence-electron chi connectivity index (χ1n) is 9.02. The summed E-state index contributed by atoms with van der Waals surface area (Å²) in [5.41, 5.74) is 4.56. The summed E-state index contributed by atoms with van der Waals surface area (Å²) < 4.78 is 8.77. The average molecular weight is 383 g/mol. The fourth-order valence-corrected chi connectivity index (χ4v) is 3.11. The van der Waals surface area contributed by atoms with Crippen molar-refractivity contribution < 1.29 is 4.74 Å². The number of aromatic nitrogens is 6. The molecule has 142 valence electrons. The van der Waals surface area contributed by atoms with E-state index in [4.69, 9.17) is 4.74 Å². The third-order valence-corrected chi connectivity index (χ3v) is 4.55. The van der Waals surface area contributed by atoms with Gasteiger partial charge in [0.1, 0.15) is 18.4 Å². The molecule has 1 N–H and O–H groups in total. The maximum Gasteiger partial charge on any atom is 0.247 e. The highest BCUT2D eigenvalue weighted by Crippen LogP contribution is 2.24.